The molecular formula is C11H22N2OS. The maximum Gasteiger partial charge on any atom is 0.0558 e. The molecule has 0 saturated carbocycles. The van der Waals surface area contributed by atoms with Crippen LogP contribution >= 0.6 is 11.8 Å². The van der Waals surface area contributed by atoms with Crippen molar-refractivity contribution < 1.29 is 5.11 Å². The van der Waals surface area contributed by atoms with Gasteiger partial charge in [-0.15, -0.1) is 0 Å². The third-order valence-corrected chi connectivity index (χ3v) is 4.57. The van der Waals surface area contributed by atoms with Gasteiger partial charge in [-0.25, -0.2) is 0 Å². The maximum absolute atomic E-state index is 9.10. The van der Waals surface area contributed by atoms with Gasteiger partial charge in [-0.1, -0.05) is 0 Å². The average molecular weight is 230 g/mol. The van der Waals surface area contributed by atoms with Crippen LogP contribution in [0.5, 0.6) is 0 Å². The summed E-state index contributed by atoms with van der Waals surface area (Å²) in [5.41, 5.74) is 0. The number of nitrogens with one attached hydrogen (secondary N) is 1. The molecule has 2 fully saturated rings. The van der Waals surface area contributed by atoms with Crippen molar-refractivity contribution in [3.63, 3.8) is 0 Å². The normalized spacial score (nSPS) is 31.6. The van der Waals surface area contributed by atoms with E-state index in [1.807, 2.05) is 0 Å². The Hall–Kier alpha value is 0.230. The number of aliphatic hydroxyl groups is 1. The summed E-state index contributed by atoms with van der Waals surface area (Å²) in [4.78, 5) is 2.49. The fraction of sp³-hybridized carbons (Fsp3) is 1.00. The van der Waals surface area contributed by atoms with Gasteiger partial charge in [0.05, 0.1) is 6.61 Å². The molecule has 0 aromatic rings. The van der Waals surface area contributed by atoms with Gasteiger partial charge in [0.1, 0.15) is 0 Å². The Bertz CT molecular complexity index is 179. The van der Waals surface area contributed by atoms with E-state index in [-0.39, 0.29) is 0 Å². The monoisotopic (exact) mass is 230 g/mol. The summed E-state index contributed by atoms with van der Waals surface area (Å²) < 4.78 is 0. The molecule has 0 amide bonds. The van der Waals surface area contributed by atoms with Crippen LogP contribution in [-0.4, -0.2) is 59.8 Å². The molecule has 2 N–H and O–H groups in total. The van der Waals surface area contributed by atoms with E-state index in [1.54, 1.807) is 0 Å². The van der Waals surface area contributed by atoms with E-state index in [2.05, 4.69) is 22.0 Å². The van der Waals surface area contributed by atoms with E-state index < -0.39 is 0 Å². The zero-order valence-corrected chi connectivity index (χ0v) is 10.1. The highest BCUT2D eigenvalue weighted by Gasteiger charge is 2.25. The molecule has 4 heteroatoms. The fourth-order valence-corrected chi connectivity index (χ4v) is 3.81. The molecule has 88 valence electrons. The Balaban J connectivity index is 1.81. The Kier molecular flexibility index (Phi) is 4.75. The summed E-state index contributed by atoms with van der Waals surface area (Å²) in [6.45, 7) is 3.46. The van der Waals surface area contributed by atoms with E-state index in [0.29, 0.717) is 18.7 Å². The molecule has 3 nitrogen and oxygen atoms in total. The van der Waals surface area contributed by atoms with Crippen LogP contribution in [0.3, 0.4) is 0 Å². The highest BCUT2D eigenvalue weighted by molar-refractivity contribution is 7.99. The molecule has 2 atom stereocenters. The topological polar surface area (TPSA) is 35.5 Å². The SMILES string of the molecule is OCCN(CC1CCCN1)C1CCSC1. The predicted octanol–water partition coefficient (Wildman–Crippen LogP) is 0.538. The molecule has 15 heavy (non-hydrogen) atoms. The Morgan fingerprint density at radius 1 is 1.40 bits per heavy atom. The van der Waals surface area contributed by atoms with Crippen LogP contribution in [0.15, 0.2) is 0 Å². The minimum atomic E-state index is 0.299. The van der Waals surface area contributed by atoms with E-state index in [9.17, 15) is 0 Å². The van der Waals surface area contributed by atoms with E-state index in [0.717, 1.165) is 13.1 Å². The Morgan fingerprint density at radius 2 is 2.33 bits per heavy atom. The lowest BCUT2D eigenvalue weighted by Crippen LogP contribution is -2.44. The molecule has 0 aromatic heterocycles. The van der Waals surface area contributed by atoms with Gasteiger partial charge in [-0.3, -0.25) is 4.90 Å². The summed E-state index contributed by atoms with van der Waals surface area (Å²) >= 11 is 2.05. The first kappa shape index (κ1) is 11.7. The lowest BCUT2D eigenvalue weighted by molar-refractivity contribution is 0.150. The van der Waals surface area contributed by atoms with Crippen molar-refractivity contribution in [2.45, 2.75) is 31.3 Å². The van der Waals surface area contributed by atoms with Crippen molar-refractivity contribution in [2.24, 2.45) is 0 Å². The molecule has 2 aliphatic heterocycles. The van der Waals surface area contributed by atoms with Crippen molar-refractivity contribution in [2.75, 3.05) is 37.7 Å². The van der Waals surface area contributed by atoms with E-state index in [1.165, 1.54) is 37.3 Å². The third-order valence-electron chi connectivity index (χ3n) is 3.43. The van der Waals surface area contributed by atoms with Crippen LogP contribution in [-0.2, 0) is 0 Å². The number of hydrogen-bond acceptors (Lipinski definition) is 4. The average Bonchev–Trinajstić information content (AvgIpc) is 2.89. The van der Waals surface area contributed by atoms with Gasteiger partial charge in [0.15, 0.2) is 0 Å². The second-order valence-electron chi connectivity index (χ2n) is 4.53. The molecule has 0 aliphatic carbocycles. The van der Waals surface area contributed by atoms with E-state index in [4.69, 9.17) is 5.11 Å². The minimum absolute atomic E-state index is 0.299. The van der Waals surface area contributed by atoms with Gasteiger partial charge < -0.3 is 10.4 Å². The largest absolute Gasteiger partial charge is 0.395 e. The molecule has 2 rings (SSSR count). The fourth-order valence-electron chi connectivity index (χ4n) is 2.56. The van der Waals surface area contributed by atoms with Crippen molar-refractivity contribution in [3.05, 3.63) is 0 Å². The summed E-state index contributed by atoms with van der Waals surface area (Å²) in [6.07, 6.45) is 3.93. The second kappa shape index (κ2) is 6.09. The minimum Gasteiger partial charge on any atom is -0.395 e. The van der Waals surface area contributed by atoms with Crippen molar-refractivity contribution >= 4 is 11.8 Å². The zero-order chi connectivity index (χ0) is 10.5. The summed E-state index contributed by atoms with van der Waals surface area (Å²) in [6, 6.07) is 1.38. The third kappa shape index (κ3) is 3.34. The quantitative estimate of drug-likeness (QED) is 0.722. The van der Waals surface area contributed by atoms with Crippen molar-refractivity contribution in [1.82, 2.24) is 10.2 Å². The van der Waals surface area contributed by atoms with Gasteiger partial charge in [-0.2, -0.15) is 11.8 Å². The van der Waals surface area contributed by atoms with Gasteiger partial charge in [0.2, 0.25) is 0 Å². The zero-order valence-electron chi connectivity index (χ0n) is 9.32. The van der Waals surface area contributed by atoms with Crippen LogP contribution in [0.4, 0.5) is 0 Å². The molecule has 0 aromatic carbocycles. The van der Waals surface area contributed by atoms with Crippen molar-refractivity contribution in [3.8, 4) is 0 Å². The first-order valence-corrected chi connectivity index (χ1v) is 7.21. The summed E-state index contributed by atoms with van der Waals surface area (Å²) in [5.74, 6) is 2.55. The smallest absolute Gasteiger partial charge is 0.0558 e. The Labute approximate surface area is 96.6 Å². The first-order chi connectivity index (χ1) is 7.40. The number of aliphatic hydroxyl groups excluding tert-OH is 1. The summed E-state index contributed by atoms with van der Waals surface area (Å²) in [7, 11) is 0. The highest BCUT2D eigenvalue weighted by atomic mass is 32.2. The molecule has 0 spiro atoms. The number of thioether (sulfide) groups is 1. The lowest BCUT2D eigenvalue weighted by atomic mass is 10.1. The summed E-state index contributed by atoms with van der Waals surface area (Å²) in [5, 5.41) is 12.6. The predicted molar refractivity (Wildman–Crippen MR) is 65.4 cm³/mol. The van der Waals surface area contributed by atoms with Crippen LogP contribution in [0.2, 0.25) is 0 Å². The molecule has 0 bridgehead atoms. The van der Waals surface area contributed by atoms with Crippen LogP contribution < -0.4 is 5.32 Å². The first-order valence-electron chi connectivity index (χ1n) is 6.06. The Morgan fingerprint density at radius 3 is 2.93 bits per heavy atom. The van der Waals surface area contributed by atoms with Gasteiger partial charge in [-0.05, 0) is 31.6 Å². The number of rotatable bonds is 5. The maximum atomic E-state index is 9.10. The molecule has 2 unspecified atom stereocenters. The second-order valence-corrected chi connectivity index (χ2v) is 5.68. The van der Waals surface area contributed by atoms with Crippen LogP contribution in [0, 0.1) is 0 Å². The van der Waals surface area contributed by atoms with Crippen molar-refractivity contribution in [1.29, 1.82) is 0 Å². The number of hydrogen-bond donors (Lipinski definition) is 2. The molecule has 0 radical (unpaired) electrons. The van der Waals surface area contributed by atoms with Gasteiger partial charge >= 0.3 is 0 Å². The van der Waals surface area contributed by atoms with Gasteiger partial charge in [0.25, 0.3) is 0 Å². The van der Waals surface area contributed by atoms with Crippen LogP contribution in [0.1, 0.15) is 19.3 Å². The molecule has 2 saturated heterocycles. The molecule has 2 heterocycles. The molecule has 2 aliphatic rings. The van der Waals surface area contributed by atoms with E-state index >= 15 is 0 Å². The lowest BCUT2D eigenvalue weighted by Gasteiger charge is -2.30. The number of nitrogens with zero attached hydrogens (tertiary/aromatic N) is 1. The highest BCUT2D eigenvalue weighted by Crippen LogP contribution is 2.23. The van der Waals surface area contributed by atoms with Crippen LogP contribution in [0.25, 0.3) is 0 Å². The van der Waals surface area contributed by atoms with Gasteiger partial charge in [0, 0.05) is 30.9 Å². The standard InChI is InChI=1S/C11H22N2OS/c14-6-5-13(11-3-7-15-9-11)8-10-2-1-4-12-10/h10-12,14H,1-9H2. The molecular weight excluding hydrogens is 208 g/mol.